The van der Waals surface area contributed by atoms with Gasteiger partial charge in [0.15, 0.2) is 0 Å². The van der Waals surface area contributed by atoms with Crippen molar-refractivity contribution < 1.29 is 0 Å². The highest BCUT2D eigenvalue weighted by Gasteiger charge is 2.50. The van der Waals surface area contributed by atoms with Gasteiger partial charge in [0.1, 0.15) is 0 Å². The molecule has 5 rings (SSSR count). The Labute approximate surface area is 125 Å². The lowest BCUT2D eigenvalue weighted by atomic mass is 9.50. The van der Waals surface area contributed by atoms with Crippen LogP contribution in [0.2, 0.25) is 0 Å². The van der Waals surface area contributed by atoms with E-state index in [0.29, 0.717) is 0 Å². The third-order valence-corrected chi connectivity index (χ3v) is 7.23. The van der Waals surface area contributed by atoms with Crippen LogP contribution in [0.15, 0.2) is 0 Å². The number of hydrogen-bond donors (Lipinski definition) is 1. The third-order valence-electron chi connectivity index (χ3n) is 7.23. The molecule has 5 aliphatic rings. The monoisotopic (exact) mass is 275 g/mol. The SMILES string of the molecule is CCCNC(CC1CCC1)C1C2CC3CC(C2)CC1C3. The molecule has 1 atom stereocenters. The second kappa shape index (κ2) is 5.63. The summed E-state index contributed by atoms with van der Waals surface area (Å²) < 4.78 is 0. The van der Waals surface area contributed by atoms with E-state index < -0.39 is 0 Å². The van der Waals surface area contributed by atoms with Crippen molar-refractivity contribution in [2.75, 3.05) is 6.54 Å². The Morgan fingerprint density at radius 1 is 0.950 bits per heavy atom. The van der Waals surface area contributed by atoms with Crippen molar-refractivity contribution in [3.63, 3.8) is 0 Å². The maximum atomic E-state index is 4.00. The van der Waals surface area contributed by atoms with Crippen LogP contribution in [-0.4, -0.2) is 12.6 Å². The normalized spacial score (nSPS) is 44.5. The lowest BCUT2D eigenvalue weighted by Gasteiger charge is -2.57. The van der Waals surface area contributed by atoms with E-state index in [1.807, 2.05) is 0 Å². The van der Waals surface area contributed by atoms with Gasteiger partial charge in [-0.3, -0.25) is 0 Å². The second-order valence-electron chi connectivity index (χ2n) is 8.60. The lowest BCUT2D eigenvalue weighted by molar-refractivity contribution is -0.0563. The van der Waals surface area contributed by atoms with Crippen LogP contribution in [0, 0.1) is 35.5 Å². The molecule has 0 aromatic heterocycles. The number of hydrogen-bond acceptors (Lipinski definition) is 1. The minimum atomic E-state index is 0.871. The molecule has 5 fully saturated rings. The molecular formula is C19H33N. The van der Waals surface area contributed by atoms with Crippen molar-refractivity contribution in [2.45, 2.75) is 77.2 Å². The highest BCUT2D eigenvalue weighted by molar-refractivity contribution is 5.02. The minimum absolute atomic E-state index is 0.871. The van der Waals surface area contributed by atoms with E-state index in [1.54, 1.807) is 32.1 Å². The van der Waals surface area contributed by atoms with Crippen LogP contribution < -0.4 is 5.32 Å². The molecule has 1 N–H and O–H groups in total. The summed E-state index contributed by atoms with van der Waals surface area (Å²) in [6, 6.07) is 0.871. The van der Waals surface area contributed by atoms with E-state index in [0.717, 1.165) is 41.5 Å². The van der Waals surface area contributed by atoms with Crippen LogP contribution in [0.25, 0.3) is 0 Å². The van der Waals surface area contributed by atoms with E-state index >= 15 is 0 Å². The van der Waals surface area contributed by atoms with Gasteiger partial charge < -0.3 is 5.32 Å². The van der Waals surface area contributed by atoms with Crippen molar-refractivity contribution in [3.8, 4) is 0 Å². The Morgan fingerprint density at radius 2 is 1.60 bits per heavy atom. The summed E-state index contributed by atoms with van der Waals surface area (Å²) in [5, 5.41) is 4.00. The summed E-state index contributed by atoms with van der Waals surface area (Å²) in [5.74, 6) is 6.58. The van der Waals surface area contributed by atoms with Crippen molar-refractivity contribution >= 4 is 0 Å². The molecule has 0 aliphatic heterocycles. The van der Waals surface area contributed by atoms with E-state index in [2.05, 4.69) is 12.2 Å². The van der Waals surface area contributed by atoms with Gasteiger partial charge in [-0.25, -0.2) is 0 Å². The van der Waals surface area contributed by atoms with Gasteiger partial charge in [0.2, 0.25) is 0 Å². The smallest absolute Gasteiger partial charge is 0.0103 e. The molecule has 114 valence electrons. The van der Waals surface area contributed by atoms with Crippen LogP contribution in [0.4, 0.5) is 0 Å². The molecule has 5 aliphatic carbocycles. The average Bonchev–Trinajstić information content (AvgIpc) is 2.37. The van der Waals surface area contributed by atoms with Crippen LogP contribution in [0.5, 0.6) is 0 Å². The summed E-state index contributed by atoms with van der Waals surface area (Å²) in [7, 11) is 0. The van der Waals surface area contributed by atoms with Gasteiger partial charge in [0.05, 0.1) is 0 Å². The molecule has 0 aromatic rings. The number of nitrogens with one attached hydrogen (secondary N) is 1. The standard InChI is InChI=1S/C19H33N/c1-2-6-20-18(12-13-4-3-5-13)19-16-8-14-7-15(10-16)11-17(19)9-14/h13-20H,2-12H2,1H3. The highest BCUT2D eigenvalue weighted by Crippen LogP contribution is 2.58. The van der Waals surface area contributed by atoms with E-state index in [9.17, 15) is 0 Å². The number of rotatable bonds is 6. The van der Waals surface area contributed by atoms with Gasteiger partial charge in [-0.2, -0.15) is 0 Å². The molecule has 0 saturated heterocycles. The Balaban J connectivity index is 1.46. The fraction of sp³-hybridized carbons (Fsp3) is 1.00. The molecule has 20 heavy (non-hydrogen) atoms. The van der Waals surface area contributed by atoms with Crippen molar-refractivity contribution in [1.29, 1.82) is 0 Å². The predicted octanol–water partition coefficient (Wildman–Crippen LogP) is 4.62. The molecule has 1 heteroatoms. The molecule has 5 saturated carbocycles. The lowest BCUT2D eigenvalue weighted by Crippen LogP contribution is -2.53. The van der Waals surface area contributed by atoms with Gasteiger partial charge in [-0.05, 0) is 87.0 Å². The van der Waals surface area contributed by atoms with Crippen molar-refractivity contribution in [3.05, 3.63) is 0 Å². The van der Waals surface area contributed by atoms with Gasteiger partial charge in [0, 0.05) is 6.04 Å². The first kappa shape index (κ1) is 13.6. The maximum absolute atomic E-state index is 4.00. The molecule has 1 unspecified atom stereocenters. The largest absolute Gasteiger partial charge is 0.314 e. The van der Waals surface area contributed by atoms with Crippen LogP contribution in [0.3, 0.4) is 0 Å². The molecule has 0 heterocycles. The first-order chi connectivity index (χ1) is 9.83. The van der Waals surface area contributed by atoms with Crippen molar-refractivity contribution in [2.24, 2.45) is 35.5 Å². The van der Waals surface area contributed by atoms with Crippen LogP contribution in [-0.2, 0) is 0 Å². The fourth-order valence-electron chi connectivity index (χ4n) is 6.42. The second-order valence-corrected chi connectivity index (χ2v) is 8.60. The molecular weight excluding hydrogens is 242 g/mol. The highest BCUT2D eigenvalue weighted by atomic mass is 14.9. The summed E-state index contributed by atoms with van der Waals surface area (Å²) in [6.07, 6.45) is 15.3. The molecule has 0 amide bonds. The molecule has 0 radical (unpaired) electrons. The zero-order chi connectivity index (χ0) is 13.5. The van der Waals surface area contributed by atoms with E-state index in [4.69, 9.17) is 0 Å². The van der Waals surface area contributed by atoms with E-state index in [1.165, 1.54) is 38.6 Å². The molecule has 1 nitrogen and oxygen atoms in total. The van der Waals surface area contributed by atoms with Gasteiger partial charge in [-0.1, -0.05) is 26.2 Å². The quantitative estimate of drug-likeness (QED) is 0.746. The summed E-state index contributed by atoms with van der Waals surface area (Å²) >= 11 is 0. The van der Waals surface area contributed by atoms with E-state index in [-0.39, 0.29) is 0 Å². The topological polar surface area (TPSA) is 12.0 Å². The average molecular weight is 275 g/mol. The minimum Gasteiger partial charge on any atom is -0.314 e. The molecule has 0 spiro atoms. The van der Waals surface area contributed by atoms with Crippen LogP contribution >= 0.6 is 0 Å². The van der Waals surface area contributed by atoms with Gasteiger partial charge in [-0.15, -0.1) is 0 Å². The van der Waals surface area contributed by atoms with Gasteiger partial charge in [0.25, 0.3) is 0 Å². The van der Waals surface area contributed by atoms with Crippen molar-refractivity contribution in [1.82, 2.24) is 5.32 Å². The summed E-state index contributed by atoms with van der Waals surface area (Å²) in [6.45, 7) is 3.57. The first-order valence-electron chi connectivity index (χ1n) is 9.56. The van der Waals surface area contributed by atoms with Crippen LogP contribution in [0.1, 0.15) is 71.1 Å². The Morgan fingerprint density at radius 3 is 2.10 bits per heavy atom. The third kappa shape index (κ3) is 2.45. The Kier molecular flexibility index (Phi) is 3.83. The predicted molar refractivity (Wildman–Crippen MR) is 84.6 cm³/mol. The first-order valence-corrected chi connectivity index (χ1v) is 9.56. The maximum Gasteiger partial charge on any atom is 0.0103 e. The summed E-state index contributed by atoms with van der Waals surface area (Å²) in [4.78, 5) is 0. The van der Waals surface area contributed by atoms with Gasteiger partial charge >= 0.3 is 0 Å². The molecule has 0 aromatic carbocycles. The molecule has 4 bridgehead atoms. The summed E-state index contributed by atoms with van der Waals surface area (Å²) in [5.41, 5.74) is 0. The fourth-order valence-corrected chi connectivity index (χ4v) is 6.42. The Bertz CT molecular complexity index is 305. The Hall–Kier alpha value is -0.0400. The zero-order valence-electron chi connectivity index (χ0n) is 13.3. The zero-order valence-corrected chi connectivity index (χ0v) is 13.3.